The predicted octanol–water partition coefficient (Wildman–Crippen LogP) is 10.5. The average Bonchev–Trinajstić information content (AvgIpc) is 2.98. The lowest BCUT2D eigenvalue weighted by Crippen LogP contribution is -2.27. The molecule has 4 nitrogen and oxygen atoms in total. The van der Waals surface area contributed by atoms with Gasteiger partial charge in [-0.1, -0.05) is 120 Å². The fourth-order valence-electron chi connectivity index (χ4n) is 4.31. The number of allylic oxidation sites excluding steroid dienone is 10. The molecule has 0 fully saturated rings. The molecule has 0 aliphatic rings. The lowest BCUT2D eigenvalue weighted by Gasteiger charge is -2.15. The molecule has 0 aliphatic carbocycles. The number of carbonyl (C=O) groups excluding carboxylic acids is 1. The highest BCUT2D eigenvalue weighted by Gasteiger charge is 2.13. The molecular formula is C37H64O4. The fourth-order valence-corrected chi connectivity index (χ4v) is 4.31. The van der Waals surface area contributed by atoms with Gasteiger partial charge in [0.15, 0.2) is 0 Å². The molecule has 1 atom stereocenters. The van der Waals surface area contributed by atoms with Crippen molar-refractivity contribution in [1.82, 2.24) is 0 Å². The second-order valence-electron chi connectivity index (χ2n) is 10.8. The lowest BCUT2D eigenvalue weighted by atomic mass is 10.1. The Balaban J connectivity index is 3.54. The zero-order valence-electron chi connectivity index (χ0n) is 26.8. The standard InChI is InChI=1S/C37H64O4/c1-3-5-7-9-11-13-15-17-18-19-21-23-25-27-29-31-33-40-35-36(34-38)41-37(39)32-30-28-26-24-22-20-16-14-12-10-8-6-4-2/h6,8,11-14,17-18,20,22,36,38H,3-5,7,9-10,15-16,19,21,23-35H2,1-2H3/b8-6-,13-11-,14-12-,18-17-,22-20-. The van der Waals surface area contributed by atoms with Crippen LogP contribution in [0.3, 0.4) is 0 Å². The van der Waals surface area contributed by atoms with E-state index in [4.69, 9.17) is 9.47 Å². The van der Waals surface area contributed by atoms with Crippen LogP contribution in [0.25, 0.3) is 0 Å². The number of aliphatic hydroxyl groups is 1. The second-order valence-corrected chi connectivity index (χ2v) is 10.8. The van der Waals surface area contributed by atoms with Crippen LogP contribution in [-0.2, 0) is 14.3 Å². The molecule has 236 valence electrons. The molecule has 4 heteroatoms. The van der Waals surface area contributed by atoms with Gasteiger partial charge in [-0.2, -0.15) is 0 Å². The summed E-state index contributed by atoms with van der Waals surface area (Å²) >= 11 is 0. The maximum Gasteiger partial charge on any atom is 0.306 e. The third-order valence-corrected chi connectivity index (χ3v) is 6.83. The van der Waals surface area contributed by atoms with Crippen LogP contribution in [0.1, 0.15) is 142 Å². The maximum atomic E-state index is 12.1. The molecule has 0 rings (SSSR count). The van der Waals surface area contributed by atoms with Crippen LogP contribution in [0.2, 0.25) is 0 Å². The van der Waals surface area contributed by atoms with Gasteiger partial charge in [-0.25, -0.2) is 0 Å². The van der Waals surface area contributed by atoms with Gasteiger partial charge in [0.25, 0.3) is 0 Å². The van der Waals surface area contributed by atoms with E-state index >= 15 is 0 Å². The first kappa shape index (κ1) is 39.1. The quantitative estimate of drug-likeness (QED) is 0.0528. The van der Waals surface area contributed by atoms with Crippen molar-refractivity contribution in [3.8, 4) is 0 Å². The van der Waals surface area contributed by atoms with Crippen LogP contribution >= 0.6 is 0 Å². The van der Waals surface area contributed by atoms with Crippen molar-refractivity contribution in [2.24, 2.45) is 0 Å². The number of esters is 1. The molecule has 0 aromatic heterocycles. The lowest BCUT2D eigenvalue weighted by molar-refractivity contribution is -0.154. The van der Waals surface area contributed by atoms with Crippen molar-refractivity contribution in [2.75, 3.05) is 19.8 Å². The molecule has 0 aromatic carbocycles. The Morgan fingerprint density at radius 3 is 1.66 bits per heavy atom. The Kier molecular flexibility index (Phi) is 32.7. The monoisotopic (exact) mass is 572 g/mol. The van der Waals surface area contributed by atoms with Gasteiger partial charge in [0.2, 0.25) is 0 Å². The summed E-state index contributed by atoms with van der Waals surface area (Å²) < 4.78 is 11.1. The highest BCUT2D eigenvalue weighted by Crippen LogP contribution is 2.10. The van der Waals surface area contributed by atoms with Gasteiger partial charge in [0.1, 0.15) is 6.10 Å². The van der Waals surface area contributed by atoms with Crippen LogP contribution in [0.4, 0.5) is 0 Å². The number of carbonyl (C=O) groups is 1. The predicted molar refractivity (Wildman–Crippen MR) is 177 cm³/mol. The Morgan fingerprint density at radius 2 is 1.10 bits per heavy atom. The van der Waals surface area contributed by atoms with E-state index in [1.807, 2.05) is 0 Å². The van der Waals surface area contributed by atoms with Gasteiger partial charge >= 0.3 is 5.97 Å². The number of hydrogen-bond acceptors (Lipinski definition) is 4. The molecule has 0 spiro atoms. The molecule has 1 N–H and O–H groups in total. The zero-order valence-corrected chi connectivity index (χ0v) is 26.8. The molecule has 0 bridgehead atoms. The van der Waals surface area contributed by atoms with Gasteiger partial charge in [0.05, 0.1) is 13.2 Å². The first-order chi connectivity index (χ1) is 20.2. The summed E-state index contributed by atoms with van der Waals surface area (Å²) in [5.74, 6) is -0.237. The molecule has 0 radical (unpaired) electrons. The van der Waals surface area contributed by atoms with Crippen LogP contribution < -0.4 is 0 Å². The minimum Gasteiger partial charge on any atom is -0.457 e. The first-order valence-electron chi connectivity index (χ1n) is 16.9. The minimum absolute atomic E-state index is 0.191. The van der Waals surface area contributed by atoms with Gasteiger partial charge in [-0.15, -0.1) is 0 Å². The molecule has 0 saturated heterocycles. The fraction of sp³-hybridized carbons (Fsp3) is 0.703. The van der Waals surface area contributed by atoms with Crippen molar-refractivity contribution < 1.29 is 19.4 Å². The molecule has 0 saturated carbocycles. The third-order valence-electron chi connectivity index (χ3n) is 6.83. The van der Waals surface area contributed by atoms with E-state index in [2.05, 4.69) is 74.6 Å². The Hall–Kier alpha value is -1.91. The normalized spacial score (nSPS) is 13.1. The van der Waals surface area contributed by atoms with Crippen LogP contribution in [0.15, 0.2) is 60.8 Å². The Bertz CT molecular complexity index is 689. The van der Waals surface area contributed by atoms with Gasteiger partial charge < -0.3 is 14.6 Å². The number of aliphatic hydroxyl groups excluding tert-OH is 1. The number of hydrogen-bond donors (Lipinski definition) is 1. The number of ether oxygens (including phenoxy) is 2. The summed E-state index contributed by atoms with van der Waals surface area (Å²) in [4.78, 5) is 12.1. The average molecular weight is 573 g/mol. The largest absolute Gasteiger partial charge is 0.457 e. The summed E-state index contributed by atoms with van der Waals surface area (Å²) in [6, 6.07) is 0. The molecule has 0 amide bonds. The van der Waals surface area contributed by atoms with Crippen molar-refractivity contribution in [2.45, 2.75) is 148 Å². The van der Waals surface area contributed by atoms with E-state index in [1.54, 1.807) is 0 Å². The van der Waals surface area contributed by atoms with Crippen LogP contribution in [-0.4, -0.2) is 37.0 Å². The summed E-state index contributed by atoms with van der Waals surface area (Å²) in [6.45, 7) is 5.13. The smallest absolute Gasteiger partial charge is 0.306 e. The van der Waals surface area contributed by atoms with Crippen LogP contribution in [0, 0.1) is 0 Å². The third kappa shape index (κ3) is 32.5. The van der Waals surface area contributed by atoms with E-state index in [1.165, 1.54) is 57.8 Å². The molecule has 41 heavy (non-hydrogen) atoms. The Labute approximate surface area is 254 Å². The highest BCUT2D eigenvalue weighted by molar-refractivity contribution is 5.69. The number of unbranched alkanes of at least 4 members (excludes halogenated alkanes) is 12. The molecule has 0 aliphatic heterocycles. The van der Waals surface area contributed by atoms with E-state index in [9.17, 15) is 9.90 Å². The Morgan fingerprint density at radius 1 is 0.610 bits per heavy atom. The van der Waals surface area contributed by atoms with Crippen molar-refractivity contribution in [1.29, 1.82) is 0 Å². The second kappa shape index (κ2) is 34.3. The summed E-state index contributed by atoms with van der Waals surface area (Å²) in [7, 11) is 0. The topological polar surface area (TPSA) is 55.8 Å². The van der Waals surface area contributed by atoms with Crippen molar-refractivity contribution >= 4 is 5.97 Å². The summed E-state index contributed by atoms with van der Waals surface area (Å²) in [5.41, 5.74) is 0. The van der Waals surface area contributed by atoms with Gasteiger partial charge in [-0.3, -0.25) is 4.79 Å². The molecule has 0 aromatic rings. The van der Waals surface area contributed by atoms with Crippen molar-refractivity contribution in [3.63, 3.8) is 0 Å². The summed E-state index contributed by atoms with van der Waals surface area (Å²) in [6.07, 6.45) is 43.9. The minimum atomic E-state index is -0.555. The highest BCUT2D eigenvalue weighted by atomic mass is 16.6. The van der Waals surface area contributed by atoms with E-state index in [0.29, 0.717) is 13.0 Å². The zero-order chi connectivity index (χ0) is 29.9. The van der Waals surface area contributed by atoms with Crippen LogP contribution in [0.5, 0.6) is 0 Å². The molecular weight excluding hydrogens is 508 g/mol. The number of rotatable bonds is 30. The maximum absolute atomic E-state index is 12.1. The molecule has 0 heterocycles. The van der Waals surface area contributed by atoms with E-state index in [0.717, 1.165) is 64.2 Å². The van der Waals surface area contributed by atoms with Gasteiger partial charge in [0, 0.05) is 13.0 Å². The van der Waals surface area contributed by atoms with Gasteiger partial charge in [-0.05, 0) is 77.0 Å². The van der Waals surface area contributed by atoms with Crippen molar-refractivity contribution in [3.05, 3.63) is 60.8 Å². The molecule has 1 unspecified atom stereocenters. The SMILES string of the molecule is CC/C=C\C/C=C\C/C=C\CCCCCC(=O)OC(CO)COCCCCCCCC/C=C\C/C=C\CCCCC. The first-order valence-corrected chi connectivity index (χ1v) is 16.9. The van der Waals surface area contributed by atoms with E-state index < -0.39 is 6.10 Å². The van der Waals surface area contributed by atoms with E-state index in [-0.39, 0.29) is 19.2 Å². The summed E-state index contributed by atoms with van der Waals surface area (Å²) in [5, 5.41) is 9.52.